The predicted octanol–water partition coefficient (Wildman–Crippen LogP) is 4.68. The molecule has 3 aromatic rings. The molecular weight excluding hydrogens is 417 g/mol. The van der Waals surface area contributed by atoms with Crippen molar-refractivity contribution < 1.29 is 18.0 Å². The van der Waals surface area contributed by atoms with Gasteiger partial charge in [0, 0.05) is 24.1 Å². The second kappa shape index (κ2) is 8.24. The molecule has 2 aliphatic rings. The summed E-state index contributed by atoms with van der Waals surface area (Å²) >= 11 is 0. The second-order valence-electron chi connectivity index (χ2n) is 8.80. The van der Waals surface area contributed by atoms with Crippen LogP contribution >= 0.6 is 0 Å². The molecule has 1 fully saturated rings. The van der Waals surface area contributed by atoms with E-state index in [0.717, 1.165) is 50.9 Å². The minimum Gasteiger partial charge on any atom is -0.349 e. The maximum atomic E-state index is 13.0. The maximum Gasteiger partial charge on any atom is 0.416 e. The largest absolute Gasteiger partial charge is 0.416 e. The summed E-state index contributed by atoms with van der Waals surface area (Å²) in [4.78, 5) is 20.5. The molecule has 0 radical (unpaired) electrons. The van der Waals surface area contributed by atoms with E-state index in [4.69, 9.17) is 0 Å². The number of hydrogen-bond acceptors (Lipinski definition) is 3. The highest BCUT2D eigenvalue weighted by Gasteiger charge is 2.31. The first-order chi connectivity index (χ1) is 15.4. The van der Waals surface area contributed by atoms with Crippen LogP contribution in [-0.2, 0) is 19.1 Å². The van der Waals surface area contributed by atoms with Crippen LogP contribution in [0, 0.1) is 0 Å². The summed E-state index contributed by atoms with van der Waals surface area (Å²) in [5.74, 6) is 0.685. The van der Waals surface area contributed by atoms with Crippen molar-refractivity contribution in [2.24, 2.45) is 0 Å². The van der Waals surface area contributed by atoms with Crippen LogP contribution in [0.5, 0.6) is 0 Å². The monoisotopic (exact) mass is 442 g/mol. The van der Waals surface area contributed by atoms with Crippen LogP contribution in [0.2, 0.25) is 0 Å². The number of carbonyl (C=O) groups excluding carboxylic acids is 1. The van der Waals surface area contributed by atoms with Gasteiger partial charge in [0.1, 0.15) is 5.82 Å². The number of nitrogens with zero attached hydrogens (tertiary/aromatic N) is 1. The van der Waals surface area contributed by atoms with Crippen molar-refractivity contribution in [1.82, 2.24) is 20.6 Å². The zero-order valence-corrected chi connectivity index (χ0v) is 17.6. The molecule has 2 heterocycles. The minimum atomic E-state index is -4.38. The SMILES string of the molecule is O=C(NC1CCCC(c2nc3ccc(C(F)(F)F)cc3[nH]2)C1)c1ccc2c(c1)CNCC2. The van der Waals surface area contributed by atoms with Gasteiger partial charge in [-0.15, -0.1) is 0 Å². The molecule has 0 bridgehead atoms. The van der Waals surface area contributed by atoms with Crippen molar-refractivity contribution in [3.8, 4) is 0 Å². The van der Waals surface area contributed by atoms with Crippen molar-refractivity contribution in [3.05, 3.63) is 64.5 Å². The van der Waals surface area contributed by atoms with Gasteiger partial charge in [-0.3, -0.25) is 4.79 Å². The third-order valence-corrected chi connectivity index (χ3v) is 6.58. The number of alkyl halides is 3. The number of hydrogen-bond donors (Lipinski definition) is 3. The van der Waals surface area contributed by atoms with Gasteiger partial charge in [0.25, 0.3) is 5.91 Å². The first kappa shape index (κ1) is 21.0. The van der Waals surface area contributed by atoms with Crippen LogP contribution in [0.1, 0.15) is 64.5 Å². The Hall–Kier alpha value is -2.87. The highest BCUT2D eigenvalue weighted by atomic mass is 19.4. The first-order valence-corrected chi connectivity index (χ1v) is 11.1. The molecule has 3 N–H and O–H groups in total. The molecule has 1 aliphatic heterocycles. The molecule has 0 saturated heterocycles. The summed E-state index contributed by atoms with van der Waals surface area (Å²) in [6, 6.07) is 9.48. The topological polar surface area (TPSA) is 69.8 Å². The second-order valence-corrected chi connectivity index (χ2v) is 8.80. The van der Waals surface area contributed by atoms with E-state index < -0.39 is 11.7 Å². The summed E-state index contributed by atoms with van der Waals surface area (Å²) in [7, 11) is 0. The number of benzene rings is 2. The highest BCUT2D eigenvalue weighted by molar-refractivity contribution is 5.94. The number of amides is 1. The predicted molar refractivity (Wildman–Crippen MR) is 115 cm³/mol. The van der Waals surface area contributed by atoms with Crippen LogP contribution in [0.25, 0.3) is 11.0 Å². The zero-order chi connectivity index (χ0) is 22.3. The Kier molecular flexibility index (Phi) is 5.41. The molecule has 5 nitrogen and oxygen atoms in total. The van der Waals surface area contributed by atoms with E-state index in [1.54, 1.807) is 0 Å². The van der Waals surface area contributed by atoms with Crippen molar-refractivity contribution >= 4 is 16.9 Å². The van der Waals surface area contributed by atoms with Gasteiger partial charge < -0.3 is 15.6 Å². The Bertz CT molecular complexity index is 1150. The van der Waals surface area contributed by atoms with E-state index in [1.165, 1.54) is 17.2 Å². The Balaban J connectivity index is 1.28. The van der Waals surface area contributed by atoms with Gasteiger partial charge in [-0.2, -0.15) is 13.2 Å². The van der Waals surface area contributed by atoms with E-state index >= 15 is 0 Å². The van der Waals surface area contributed by atoms with E-state index in [-0.39, 0.29) is 17.9 Å². The highest BCUT2D eigenvalue weighted by Crippen LogP contribution is 2.35. The van der Waals surface area contributed by atoms with Crippen molar-refractivity contribution in [2.45, 2.75) is 56.8 Å². The van der Waals surface area contributed by atoms with E-state index in [0.29, 0.717) is 28.8 Å². The lowest BCUT2D eigenvalue weighted by Crippen LogP contribution is -2.38. The number of aromatic amines is 1. The van der Waals surface area contributed by atoms with Gasteiger partial charge in [0.05, 0.1) is 16.6 Å². The number of carbonyl (C=O) groups is 1. The fraction of sp³-hybridized carbons (Fsp3) is 0.417. The fourth-order valence-electron chi connectivity index (χ4n) is 4.86. The first-order valence-electron chi connectivity index (χ1n) is 11.1. The van der Waals surface area contributed by atoms with E-state index in [2.05, 4.69) is 20.6 Å². The molecular formula is C24H25F3N4O. The van der Waals surface area contributed by atoms with Crippen LogP contribution < -0.4 is 10.6 Å². The van der Waals surface area contributed by atoms with E-state index in [9.17, 15) is 18.0 Å². The van der Waals surface area contributed by atoms with Gasteiger partial charge in [-0.05, 0) is 73.7 Å². The summed E-state index contributed by atoms with van der Waals surface area (Å²) in [6.07, 6.45) is 0.00467. The number of rotatable bonds is 3. The lowest BCUT2D eigenvalue weighted by Gasteiger charge is -2.29. The molecule has 0 spiro atoms. The molecule has 2 unspecified atom stereocenters. The Labute approximate surface area is 183 Å². The third-order valence-electron chi connectivity index (χ3n) is 6.58. The normalized spacial score (nSPS) is 21.3. The van der Waals surface area contributed by atoms with Crippen molar-refractivity contribution in [1.29, 1.82) is 0 Å². The Morgan fingerprint density at radius 2 is 1.97 bits per heavy atom. The van der Waals surface area contributed by atoms with Crippen LogP contribution in [0.3, 0.4) is 0 Å². The van der Waals surface area contributed by atoms with Crippen molar-refractivity contribution in [3.63, 3.8) is 0 Å². The molecule has 1 aromatic heterocycles. The lowest BCUT2D eigenvalue weighted by atomic mass is 9.85. The van der Waals surface area contributed by atoms with Crippen LogP contribution in [0.4, 0.5) is 13.2 Å². The molecule has 168 valence electrons. The fourth-order valence-corrected chi connectivity index (χ4v) is 4.86. The average Bonchev–Trinajstić information content (AvgIpc) is 3.22. The molecule has 32 heavy (non-hydrogen) atoms. The van der Waals surface area contributed by atoms with Gasteiger partial charge in [-0.1, -0.05) is 12.5 Å². The smallest absolute Gasteiger partial charge is 0.349 e. The summed E-state index contributed by atoms with van der Waals surface area (Å²) in [5, 5.41) is 6.49. The number of halogens is 3. The standard InChI is InChI=1S/C24H25F3N4O/c25-24(26,27)18-6-7-20-21(12-18)31-22(30-20)15-2-1-3-19(11-15)29-23(32)16-5-4-14-8-9-28-13-17(14)10-16/h4-7,10,12,15,19,28H,1-3,8-9,11,13H2,(H,29,32)(H,30,31). The molecule has 2 aromatic carbocycles. The summed E-state index contributed by atoms with van der Waals surface area (Å²) < 4.78 is 39.0. The quantitative estimate of drug-likeness (QED) is 0.552. The molecule has 5 rings (SSSR count). The van der Waals surface area contributed by atoms with Gasteiger partial charge >= 0.3 is 6.18 Å². The van der Waals surface area contributed by atoms with E-state index in [1.807, 2.05) is 18.2 Å². The lowest BCUT2D eigenvalue weighted by molar-refractivity contribution is -0.137. The Morgan fingerprint density at radius 1 is 1.09 bits per heavy atom. The third kappa shape index (κ3) is 4.24. The number of fused-ring (bicyclic) bond motifs is 2. The minimum absolute atomic E-state index is 0.00866. The average molecular weight is 442 g/mol. The van der Waals surface area contributed by atoms with Crippen LogP contribution in [0.15, 0.2) is 36.4 Å². The molecule has 1 saturated carbocycles. The molecule has 1 amide bonds. The van der Waals surface area contributed by atoms with Gasteiger partial charge in [-0.25, -0.2) is 4.98 Å². The van der Waals surface area contributed by atoms with Crippen molar-refractivity contribution in [2.75, 3.05) is 6.54 Å². The molecule has 8 heteroatoms. The number of nitrogens with one attached hydrogen (secondary N) is 3. The number of H-pyrrole nitrogens is 1. The number of aromatic nitrogens is 2. The Morgan fingerprint density at radius 3 is 2.81 bits per heavy atom. The number of imidazole rings is 1. The maximum absolute atomic E-state index is 13.0. The molecule has 1 aliphatic carbocycles. The summed E-state index contributed by atoms with van der Waals surface area (Å²) in [5.41, 5.74) is 3.36. The van der Waals surface area contributed by atoms with Gasteiger partial charge in [0.15, 0.2) is 0 Å². The molecule has 2 atom stereocenters. The summed E-state index contributed by atoms with van der Waals surface area (Å²) in [6.45, 7) is 1.74. The zero-order valence-electron chi connectivity index (χ0n) is 17.6. The van der Waals surface area contributed by atoms with Crippen LogP contribution in [-0.4, -0.2) is 28.5 Å². The van der Waals surface area contributed by atoms with Gasteiger partial charge in [0.2, 0.25) is 0 Å².